The number of ether oxygens (including phenoxy) is 1. The van der Waals surface area contributed by atoms with Crippen molar-refractivity contribution in [3.05, 3.63) is 95.6 Å². The van der Waals surface area contributed by atoms with Crippen LogP contribution in [0.15, 0.2) is 78.9 Å². The average molecular weight is 514 g/mol. The van der Waals surface area contributed by atoms with E-state index < -0.39 is 40.9 Å². The zero-order chi connectivity index (χ0) is 27.2. The van der Waals surface area contributed by atoms with E-state index in [4.69, 9.17) is 4.74 Å². The summed E-state index contributed by atoms with van der Waals surface area (Å²) >= 11 is 0. The molecule has 0 spiro atoms. The van der Waals surface area contributed by atoms with Crippen LogP contribution in [0.25, 0.3) is 11.1 Å². The maximum atomic E-state index is 13.7. The van der Waals surface area contributed by atoms with Gasteiger partial charge in [-0.1, -0.05) is 99.6 Å². The van der Waals surface area contributed by atoms with Crippen LogP contribution in [0.3, 0.4) is 0 Å². The van der Waals surface area contributed by atoms with Gasteiger partial charge in [-0.2, -0.15) is 0 Å². The molecule has 5 rings (SSSR count). The highest BCUT2D eigenvalue weighted by molar-refractivity contribution is 5.94. The molecule has 0 saturated carbocycles. The third-order valence-corrected chi connectivity index (χ3v) is 7.94. The van der Waals surface area contributed by atoms with Crippen LogP contribution in [0.1, 0.15) is 43.4 Å². The van der Waals surface area contributed by atoms with E-state index in [9.17, 15) is 24.6 Å². The number of fused-ring (bicyclic) bond motifs is 3. The van der Waals surface area contributed by atoms with Crippen LogP contribution in [-0.4, -0.2) is 51.3 Å². The first-order chi connectivity index (χ1) is 18.1. The molecule has 3 atom stereocenters. The molecular formula is C31H31NO6. The number of nitrogens with zero attached hydrogens (tertiary/aromatic N) is 1. The number of carbonyl (C=O) groups excluding carboxylic acids is 1. The molecule has 2 aliphatic rings. The van der Waals surface area contributed by atoms with E-state index in [1.54, 1.807) is 24.3 Å². The van der Waals surface area contributed by atoms with Gasteiger partial charge >= 0.3 is 18.0 Å². The van der Waals surface area contributed by atoms with Crippen molar-refractivity contribution in [1.29, 1.82) is 0 Å². The monoisotopic (exact) mass is 513 g/mol. The van der Waals surface area contributed by atoms with E-state index in [0.29, 0.717) is 5.56 Å². The summed E-state index contributed by atoms with van der Waals surface area (Å²) in [5.41, 5.74) is 2.37. The van der Waals surface area contributed by atoms with Crippen molar-refractivity contribution in [2.24, 2.45) is 11.3 Å². The van der Waals surface area contributed by atoms with Gasteiger partial charge in [0.2, 0.25) is 0 Å². The van der Waals surface area contributed by atoms with Crippen molar-refractivity contribution in [2.75, 3.05) is 6.61 Å². The van der Waals surface area contributed by atoms with Crippen molar-refractivity contribution in [2.45, 2.75) is 44.7 Å². The Bertz CT molecular complexity index is 1350. The molecule has 7 heteroatoms. The average Bonchev–Trinajstić information content (AvgIpc) is 3.18. The van der Waals surface area contributed by atoms with E-state index in [2.05, 4.69) is 0 Å². The smallest absolute Gasteiger partial charge is 0.411 e. The van der Waals surface area contributed by atoms with Gasteiger partial charge in [0.25, 0.3) is 0 Å². The predicted octanol–water partition coefficient (Wildman–Crippen LogP) is 5.43. The molecule has 1 saturated heterocycles. The van der Waals surface area contributed by atoms with E-state index in [-0.39, 0.29) is 18.9 Å². The molecule has 0 radical (unpaired) electrons. The third kappa shape index (κ3) is 3.93. The fourth-order valence-electron chi connectivity index (χ4n) is 6.52. The summed E-state index contributed by atoms with van der Waals surface area (Å²) in [4.78, 5) is 40.1. The maximum Gasteiger partial charge on any atom is 0.411 e. The normalized spacial score (nSPS) is 22.2. The molecule has 196 valence electrons. The largest absolute Gasteiger partial charge is 0.480 e. The Kier molecular flexibility index (Phi) is 6.25. The molecule has 1 heterocycles. The van der Waals surface area contributed by atoms with Crippen molar-refractivity contribution in [3.63, 3.8) is 0 Å². The number of carbonyl (C=O) groups is 3. The van der Waals surface area contributed by atoms with Crippen LogP contribution in [-0.2, 0) is 20.7 Å². The topological polar surface area (TPSA) is 104 Å². The molecule has 1 aliphatic carbocycles. The van der Waals surface area contributed by atoms with Crippen molar-refractivity contribution in [3.8, 4) is 11.1 Å². The summed E-state index contributed by atoms with van der Waals surface area (Å²) in [6.07, 6.45) is -0.961. The first-order valence-corrected chi connectivity index (χ1v) is 12.7. The van der Waals surface area contributed by atoms with Gasteiger partial charge in [0.15, 0.2) is 5.54 Å². The number of rotatable bonds is 6. The second-order valence-electron chi connectivity index (χ2n) is 11.2. The summed E-state index contributed by atoms with van der Waals surface area (Å²) in [6, 6.07) is 23.5. The minimum atomic E-state index is -1.77. The quantitative estimate of drug-likeness (QED) is 0.455. The van der Waals surface area contributed by atoms with E-state index >= 15 is 0 Å². The van der Waals surface area contributed by atoms with Gasteiger partial charge in [-0.15, -0.1) is 0 Å². The Morgan fingerprint density at radius 3 is 1.87 bits per heavy atom. The Labute approximate surface area is 221 Å². The van der Waals surface area contributed by atoms with Crippen LogP contribution in [0.4, 0.5) is 4.79 Å². The molecular weight excluding hydrogens is 482 g/mol. The van der Waals surface area contributed by atoms with E-state index in [0.717, 1.165) is 27.2 Å². The minimum absolute atomic E-state index is 0.0287. The highest BCUT2D eigenvalue weighted by Gasteiger charge is 2.72. The zero-order valence-electron chi connectivity index (χ0n) is 21.6. The lowest BCUT2D eigenvalue weighted by atomic mass is 9.55. The number of hydrogen-bond donors (Lipinski definition) is 2. The van der Waals surface area contributed by atoms with Gasteiger partial charge in [-0.3, -0.25) is 4.90 Å². The van der Waals surface area contributed by atoms with E-state index in [1.165, 1.54) is 0 Å². The number of hydrogen-bond acceptors (Lipinski definition) is 4. The Morgan fingerprint density at radius 1 is 0.842 bits per heavy atom. The lowest BCUT2D eigenvalue weighted by Gasteiger charge is -2.62. The predicted molar refractivity (Wildman–Crippen MR) is 142 cm³/mol. The first-order valence-electron chi connectivity index (χ1n) is 12.7. The lowest BCUT2D eigenvalue weighted by molar-refractivity contribution is -0.205. The van der Waals surface area contributed by atoms with Crippen LogP contribution in [0.5, 0.6) is 0 Å². The van der Waals surface area contributed by atoms with Crippen LogP contribution >= 0.6 is 0 Å². The Morgan fingerprint density at radius 2 is 1.37 bits per heavy atom. The molecule has 2 N–H and O–H groups in total. The highest BCUT2D eigenvalue weighted by atomic mass is 16.6. The summed E-state index contributed by atoms with van der Waals surface area (Å²) in [6.45, 7) is 5.40. The van der Waals surface area contributed by atoms with Gasteiger partial charge in [0, 0.05) is 18.3 Å². The number of carboxylic acid groups (broad SMARTS) is 2. The van der Waals surface area contributed by atoms with Crippen molar-refractivity contribution in [1.82, 2.24) is 4.90 Å². The number of aliphatic carboxylic acids is 2. The zero-order valence-corrected chi connectivity index (χ0v) is 21.6. The first kappa shape index (κ1) is 25.5. The van der Waals surface area contributed by atoms with Crippen LogP contribution in [0.2, 0.25) is 0 Å². The molecule has 2 unspecified atom stereocenters. The number of carboxylic acids is 2. The number of benzene rings is 3. The van der Waals surface area contributed by atoms with Gasteiger partial charge < -0.3 is 14.9 Å². The molecule has 3 aromatic carbocycles. The van der Waals surface area contributed by atoms with Crippen molar-refractivity contribution >= 4 is 18.0 Å². The molecule has 38 heavy (non-hydrogen) atoms. The summed E-state index contributed by atoms with van der Waals surface area (Å²) in [5.74, 6) is -3.57. The summed E-state index contributed by atoms with van der Waals surface area (Å²) in [5, 5.41) is 20.8. The van der Waals surface area contributed by atoms with E-state index in [1.807, 2.05) is 75.4 Å². The van der Waals surface area contributed by atoms with Crippen LogP contribution in [0, 0.1) is 11.3 Å². The Balaban J connectivity index is 1.50. The standard InChI is InChI=1S/C31H31NO6/c1-30(2,3)26-25(27(33)34)32(31(26,28(35)36)17-19-11-5-4-6-12-19)29(37)38-18-24-22-15-9-7-13-20(22)21-14-8-10-16-23(21)24/h4-16,24-26H,17-18H2,1-3H3,(H,33,34)(H,35,36)/t25?,26?,31-/m0/s1. The van der Waals surface area contributed by atoms with Crippen molar-refractivity contribution < 1.29 is 29.3 Å². The fraction of sp³-hybridized carbons (Fsp3) is 0.323. The minimum Gasteiger partial charge on any atom is -0.480 e. The summed E-state index contributed by atoms with van der Waals surface area (Å²) < 4.78 is 5.79. The number of likely N-dealkylation sites (tertiary alicyclic amines) is 1. The lowest BCUT2D eigenvalue weighted by Crippen LogP contribution is -2.83. The molecule has 1 amide bonds. The SMILES string of the molecule is CC(C)(C)C1C(C(=O)O)N(C(=O)OCC2c3ccccc3-c3ccccc32)[C@]1(Cc1ccccc1)C(=O)O. The number of amides is 1. The summed E-state index contributed by atoms with van der Waals surface area (Å²) in [7, 11) is 0. The second kappa shape index (κ2) is 9.31. The molecule has 0 aromatic heterocycles. The molecule has 7 nitrogen and oxygen atoms in total. The van der Waals surface area contributed by atoms with Gasteiger partial charge in [-0.05, 0) is 33.2 Å². The maximum absolute atomic E-state index is 13.7. The molecule has 0 bridgehead atoms. The molecule has 3 aromatic rings. The third-order valence-electron chi connectivity index (χ3n) is 7.94. The van der Waals surface area contributed by atoms with Crippen LogP contribution < -0.4 is 0 Å². The van der Waals surface area contributed by atoms with Gasteiger partial charge in [-0.25, -0.2) is 14.4 Å². The molecule has 1 fully saturated rings. The van der Waals surface area contributed by atoms with Gasteiger partial charge in [0.1, 0.15) is 12.6 Å². The Hall–Kier alpha value is -4.13. The van der Waals surface area contributed by atoms with Gasteiger partial charge in [0.05, 0.1) is 0 Å². The highest BCUT2D eigenvalue weighted by Crippen LogP contribution is 2.54. The fourth-order valence-corrected chi connectivity index (χ4v) is 6.52. The second-order valence-corrected chi connectivity index (χ2v) is 11.2. The molecule has 1 aliphatic heterocycles.